The highest BCUT2D eigenvalue weighted by molar-refractivity contribution is 5.93. The van der Waals surface area contributed by atoms with Crippen LogP contribution in [0.2, 0.25) is 0 Å². The van der Waals surface area contributed by atoms with Crippen LogP contribution in [0.5, 0.6) is 0 Å². The van der Waals surface area contributed by atoms with Crippen LogP contribution < -0.4 is 5.32 Å². The lowest BCUT2D eigenvalue weighted by molar-refractivity contribution is -0.126. The van der Waals surface area contributed by atoms with Crippen LogP contribution in [0.4, 0.5) is 0 Å². The van der Waals surface area contributed by atoms with Gasteiger partial charge in [-0.1, -0.05) is 30.3 Å². The Morgan fingerprint density at radius 2 is 1.94 bits per heavy atom. The Morgan fingerprint density at radius 3 is 2.66 bits per heavy atom. The fourth-order valence-corrected chi connectivity index (χ4v) is 4.42. The molecule has 0 radical (unpaired) electrons. The van der Waals surface area contributed by atoms with Crippen LogP contribution in [-0.2, 0) is 22.7 Å². The van der Waals surface area contributed by atoms with E-state index >= 15 is 0 Å². The number of carbonyl (C=O) groups is 2. The van der Waals surface area contributed by atoms with Crippen molar-refractivity contribution >= 4 is 11.8 Å². The summed E-state index contributed by atoms with van der Waals surface area (Å²) in [5, 5.41) is 3.04. The number of hydrogen-bond acceptors (Lipinski definition) is 5. The zero-order chi connectivity index (χ0) is 22.5. The zero-order valence-corrected chi connectivity index (χ0v) is 19.0. The largest absolute Gasteiger partial charge is 0.365 e. The molecule has 0 spiro atoms. The Bertz CT molecular complexity index is 919. The third-order valence-corrected chi connectivity index (χ3v) is 6.34. The van der Waals surface area contributed by atoms with Crippen molar-refractivity contribution in [1.82, 2.24) is 24.7 Å². The predicted octanol–water partition coefficient (Wildman–Crippen LogP) is 2.07. The van der Waals surface area contributed by atoms with E-state index in [2.05, 4.69) is 27.3 Å². The highest BCUT2D eigenvalue weighted by Crippen LogP contribution is 2.28. The Kier molecular flexibility index (Phi) is 7.22. The SMILES string of the molecule is CN(C)CCCNC(=O)C1CCN(C(=O)c2ncn3c2CO[C@@H](c2ccccc2)C3)CC1. The molecule has 1 fully saturated rings. The van der Waals surface area contributed by atoms with Gasteiger partial charge in [0.1, 0.15) is 6.10 Å². The van der Waals surface area contributed by atoms with Gasteiger partial charge < -0.3 is 24.4 Å². The fraction of sp³-hybridized carbons (Fsp3) is 0.542. The minimum atomic E-state index is -0.0645. The Hall–Kier alpha value is -2.71. The van der Waals surface area contributed by atoms with E-state index in [0.717, 1.165) is 24.2 Å². The molecule has 1 atom stereocenters. The van der Waals surface area contributed by atoms with E-state index < -0.39 is 0 Å². The van der Waals surface area contributed by atoms with Crippen LogP contribution in [0.15, 0.2) is 36.7 Å². The summed E-state index contributed by atoms with van der Waals surface area (Å²) in [7, 11) is 4.05. The van der Waals surface area contributed by atoms with Crippen molar-refractivity contribution in [3.8, 4) is 0 Å². The Labute approximate surface area is 189 Å². The molecule has 8 heteroatoms. The van der Waals surface area contributed by atoms with Crippen LogP contribution >= 0.6 is 0 Å². The third kappa shape index (κ3) is 5.19. The summed E-state index contributed by atoms with van der Waals surface area (Å²) in [5.74, 6) is 0.0187. The van der Waals surface area contributed by atoms with E-state index in [1.54, 1.807) is 6.33 Å². The van der Waals surface area contributed by atoms with Gasteiger partial charge in [-0.05, 0) is 45.5 Å². The zero-order valence-electron chi connectivity index (χ0n) is 19.0. The van der Waals surface area contributed by atoms with Crippen LogP contribution in [-0.4, -0.2) is 71.4 Å². The second-order valence-electron chi connectivity index (χ2n) is 8.92. The molecule has 32 heavy (non-hydrogen) atoms. The molecular weight excluding hydrogens is 406 g/mol. The van der Waals surface area contributed by atoms with Crippen LogP contribution in [0, 0.1) is 5.92 Å². The number of imidazole rings is 1. The summed E-state index contributed by atoms with van der Waals surface area (Å²) < 4.78 is 8.08. The van der Waals surface area contributed by atoms with E-state index in [-0.39, 0.29) is 23.8 Å². The first kappa shape index (κ1) is 22.5. The van der Waals surface area contributed by atoms with Gasteiger partial charge in [-0.3, -0.25) is 9.59 Å². The quantitative estimate of drug-likeness (QED) is 0.668. The average molecular weight is 440 g/mol. The second-order valence-corrected chi connectivity index (χ2v) is 8.92. The third-order valence-electron chi connectivity index (χ3n) is 6.34. The maximum Gasteiger partial charge on any atom is 0.274 e. The number of benzene rings is 1. The Morgan fingerprint density at radius 1 is 1.19 bits per heavy atom. The number of nitrogens with one attached hydrogen (secondary N) is 1. The lowest BCUT2D eigenvalue weighted by atomic mass is 9.95. The number of hydrogen-bond donors (Lipinski definition) is 1. The molecule has 2 aliphatic rings. The van der Waals surface area contributed by atoms with Crippen molar-refractivity contribution in [2.24, 2.45) is 5.92 Å². The molecule has 2 aliphatic heterocycles. The molecule has 1 N–H and O–H groups in total. The molecule has 1 saturated heterocycles. The van der Waals surface area contributed by atoms with Crippen molar-refractivity contribution in [2.45, 2.75) is 38.5 Å². The van der Waals surface area contributed by atoms with Gasteiger partial charge in [0.25, 0.3) is 5.91 Å². The number of ether oxygens (including phenoxy) is 1. The van der Waals surface area contributed by atoms with Crippen molar-refractivity contribution in [3.05, 3.63) is 53.6 Å². The molecule has 1 aromatic heterocycles. The first-order valence-electron chi connectivity index (χ1n) is 11.4. The lowest BCUT2D eigenvalue weighted by Crippen LogP contribution is -2.43. The molecule has 0 saturated carbocycles. The van der Waals surface area contributed by atoms with E-state index in [1.807, 2.05) is 41.8 Å². The highest BCUT2D eigenvalue weighted by Gasteiger charge is 2.32. The first-order valence-corrected chi connectivity index (χ1v) is 11.4. The molecule has 172 valence electrons. The van der Waals surface area contributed by atoms with E-state index in [9.17, 15) is 9.59 Å². The summed E-state index contributed by atoms with van der Waals surface area (Å²) in [4.78, 5) is 33.9. The number of aromatic nitrogens is 2. The number of rotatable bonds is 7. The van der Waals surface area contributed by atoms with Crippen LogP contribution in [0.25, 0.3) is 0 Å². The minimum absolute atomic E-state index is 0.0238. The summed E-state index contributed by atoms with van der Waals surface area (Å²) in [5.41, 5.74) is 2.44. The second kappa shape index (κ2) is 10.3. The summed E-state index contributed by atoms with van der Waals surface area (Å²) >= 11 is 0. The molecule has 8 nitrogen and oxygen atoms in total. The van der Waals surface area contributed by atoms with Gasteiger partial charge in [0.15, 0.2) is 5.69 Å². The lowest BCUT2D eigenvalue weighted by Gasteiger charge is -2.31. The standard InChI is InChI=1S/C24H33N5O3/c1-27(2)12-6-11-25-23(30)19-9-13-28(14-10-19)24(31)22-20-16-32-21(15-29(20)17-26-22)18-7-4-3-5-8-18/h3-5,7-8,17,19,21H,6,9-16H2,1-2H3,(H,25,30)/t21-/m1/s1. The van der Waals surface area contributed by atoms with E-state index in [1.165, 1.54) is 0 Å². The van der Waals surface area contributed by atoms with Crippen LogP contribution in [0.1, 0.15) is 47.1 Å². The molecule has 2 amide bonds. The van der Waals surface area contributed by atoms with Gasteiger partial charge in [0, 0.05) is 25.6 Å². The fourth-order valence-electron chi connectivity index (χ4n) is 4.42. The number of piperidine rings is 1. The minimum Gasteiger partial charge on any atom is -0.365 e. The molecular formula is C24H33N5O3. The number of fused-ring (bicyclic) bond motifs is 1. The van der Waals surface area contributed by atoms with E-state index in [0.29, 0.717) is 51.3 Å². The van der Waals surface area contributed by atoms with Gasteiger partial charge in [-0.15, -0.1) is 0 Å². The Balaban J connectivity index is 1.29. The van der Waals surface area contributed by atoms with Gasteiger partial charge in [-0.2, -0.15) is 0 Å². The predicted molar refractivity (Wildman–Crippen MR) is 121 cm³/mol. The van der Waals surface area contributed by atoms with Crippen molar-refractivity contribution in [1.29, 1.82) is 0 Å². The number of likely N-dealkylation sites (tertiary alicyclic amines) is 1. The summed E-state index contributed by atoms with van der Waals surface area (Å²) in [6.07, 6.45) is 4.03. The first-order chi connectivity index (χ1) is 15.5. The molecule has 3 heterocycles. The van der Waals surface area contributed by atoms with Gasteiger partial charge >= 0.3 is 0 Å². The topological polar surface area (TPSA) is 79.7 Å². The molecule has 4 rings (SSSR count). The number of carbonyl (C=O) groups excluding carboxylic acids is 2. The van der Waals surface area contributed by atoms with Crippen molar-refractivity contribution in [2.75, 3.05) is 40.3 Å². The molecule has 0 aliphatic carbocycles. The molecule has 2 aromatic rings. The number of amides is 2. The van der Waals surface area contributed by atoms with Gasteiger partial charge in [0.05, 0.1) is 25.2 Å². The van der Waals surface area contributed by atoms with E-state index in [4.69, 9.17) is 4.74 Å². The smallest absolute Gasteiger partial charge is 0.274 e. The normalized spacial score (nSPS) is 19.1. The molecule has 0 bridgehead atoms. The summed E-state index contributed by atoms with van der Waals surface area (Å²) in [6, 6.07) is 10.1. The van der Waals surface area contributed by atoms with Gasteiger partial charge in [0.2, 0.25) is 5.91 Å². The van der Waals surface area contributed by atoms with Crippen molar-refractivity contribution in [3.63, 3.8) is 0 Å². The van der Waals surface area contributed by atoms with Gasteiger partial charge in [-0.25, -0.2) is 4.98 Å². The molecule has 1 aromatic carbocycles. The maximum atomic E-state index is 13.1. The highest BCUT2D eigenvalue weighted by atomic mass is 16.5. The van der Waals surface area contributed by atoms with Crippen molar-refractivity contribution < 1.29 is 14.3 Å². The number of nitrogens with zero attached hydrogens (tertiary/aromatic N) is 4. The van der Waals surface area contributed by atoms with Crippen LogP contribution in [0.3, 0.4) is 0 Å². The average Bonchev–Trinajstić information content (AvgIpc) is 3.25. The monoisotopic (exact) mass is 439 g/mol. The molecule has 0 unspecified atom stereocenters. The maximum absolute atomic E-state index is 13.1. The summed E-state index contributed by atoms with van der Waals surface area (Å²) in [6.45, 7) is 3.82.